The van der Waals surface area contributed by atoms with E-state index in [0.717, 1.165) is 27.8 Å². The van der Waals surface area contributed by atoms with Gasteiger partial charge >= 0.3 is 0 Å². The predicted octanol–water partition coefficient (Wildman–Crippen LogP) is 3.40. The summed E-state index contributed by atoms with van der Waals surface area (Å²) in [6, 6.07) is 5.73. The third-order valence-electron chi connectivity index (χ3n) is 4.67. The van der Waals surface area contributed by atoms with Gasteiger partial charge in [-0.3, -0.25) is 4.79 Å². The third kappa shape index (κ3) is 4.63. The van der Waals surface area contributed by atoms with E-state index >= 15 is 0 Å². The minimum Gasteiger partial charge on any atom is -0.493 e. The molecule has 0 saturated heterocycles. The van der Waals surface area contributed by atoms with E-state index < -0.39 is 0 Å². The Kier molecular flexibility index (Phi) is 7.42. The molecule has 3 rings (SSSR count). The van der Waals surface area contributed by atoms with Gasteiger partial charge in [0.25, 0.3) is 5.91 Å². The first-order valence-electron chi connectivity index (χ1n) is 9.55. The molecular weight excluding hydrogens is 404 g/mol. The van der Waals surface area contributed by atoms with Crippen LogP contribution in [0.15, 0.2) is 24.5 Å². The van der Waals surface area contributed by atoms with E-state index in [2.05, 4.69) is 20.6 Å². The highest BCUT2D eigenvalue weighted by molar-refractivity contribution is 7.20. The molecule has 0 fully saturated rings. The number of nitrogens with one attached hydrogen (secondary N) is 2. The van der Waals surface area contributed by atoms with Crippen molar-refractivity contribution in [2.75, 3.05) is 39.8 Å². The molecule has 2 aromatic heterocycles. The van der Waals surface area contributed by atoms with Crippen LogP contribution >= 0.6 is 11.3 Å². The normalized spacial score (nSPS) is 10.8. The predicted molar refractivity (Wildman–Crippen MR) is 118 cm³/mol. The quantitative estimate of drug-likeness (QED) is 0.476. The molecule has 0 radical (unpaired) electrons. The van der Waals surface area contributed by atoms with Gasteiger partial charge in [0.15, 0.2) is 11.5 Å². The fourth-order valence-corrected chi connectivity index (χ4v) is 4.26. The lowest BCUT2D eigenvalue weighted by Gasteiger charge is -2.13. The summed E-state index contributed by atoms with van der Waals surface area (Å²) in [7, 11) is 4.87. The summed E-state index contributed by atoms with van der Waals surface area (Å²) in [6.45, 7) is 3.58. The number of aryl methyl sites for hydroxylation is 1. The van der Waals surface area contributed by atoms with Gasteiger partial charge in [0.2, 0.25) is 0 Å². The van der Waals surface area contributed by atoms with Gasteiger partial charge in [-0.2, -0.15) is 0 Å². The van der Waals surface area contributed by atoms with Gasteiger partial charge in [0, 0.05) is 32.4 Å². The first kappa shape index (κ1) is 21.8. The van der Waals surface area contributed by atoms with Gasteiger partial charge < -0.3 is 24.8 Å². The van der Waals surface area contributed by atoms with Crippen molar-refractivity contribution < 1.29 is 19.0 Å². The van der Waals surface area contributed by atoms with E-state index in [1.165, 1.54) is 17.7 Å². The number of benzene rings is 1. The van der Waals surface area contributed by atoms with Gasteiger partial charge in [-0.05, 0) is 25.0 Å². The Morgan fingerprint density at radius 1 is 1.17 bits per heavy atom. The van der Waals surface area contributed by atoms with Crippen LogP contribution in [-0.2, 0) is 11.3 Å². The van der Waals surface area contributed by atoms with Crippen molar-refractivity contribution in [2.45, 2.75) is 19.9 Å². The molecule has 0 aliphatic heterocycles. The Labute approximate surface area is 179 Å². The van der Waals surface area contributed by atoms with Crippen molar-refractivity contribution in [3.63, 3.8) is 0 Å². The number of thiophene rings is 1. The Hall–Kier alpha value is -2.91. The topological polar surface area (TPSA) is 94.6 Å². The van der Waals surface area contributed by atoms with Crippen molar-refractivity contribution in [1.82, 2.24) is 15.3 Å². The van der Waals surface area contributed by atoms with E-state index in [-0.39, 0.29) is 5.91 Å². The van der Waals surface area contributed by atoms with Crippen molar-refractivity contribution in [2.24, 2.45) is 0 Å². The number of aromatic nitrogens is 2. The molecule has 1 amide bonds. The molecule has 160 valence electrons. The summed E-state index contributed by atoms with van der Waals surface area (Å²) < 4.78 is 15.9. The summed E-state index contributed by atoms with van der Waals surface area (Å²) in [5.74, 6) is 1.92. The molecular formula is C21H26N4O4S. The SMILES string of the molecule is COCCCNC(=O)c1sc2ncnc(NCc3cccc(OC)c3OC)c2c1C. The zero-order valence-corrected chi connectivity index (χ0v) is 18.4. The summed E-state index contributed by atoms with van der Waals surface area (Å²) in [6.07, 6.45) is 2.27. The van der Waals surface area contributed by atoms with E-state index in [4.69, 9.17) is 14.2 Å². The van der Waals surface area contributed by atoms with E-state index in [9.17, 15) is 4.79 Å². The number of rotatable bonds is 10. The summed E-state index contributed by atoms with van der Waals surface area (Å²) in [5, 5.41) is 7.14. The number of carbonyl (C=O) groups is 1. The average Bonchev–Trinajstić information content (AvgIpc) is 3.12. The minimum atomic E-state index is -0.105. The molecule has 2 N–H and O–H groups in total. The maximum Gasteiger partial charge on any atom is 0.261 e. The second-order valence-corrected chi connectivity index (χ2v) is 7.57. The van der Waals surface area contributed by atoms with Crippen LogP contribution in [0, 0.1) is 6.92 Å². The summed E-state index contributed by atoms with van der Waals surface area (Å²) in [5.41, 5.74) is 1.80. The lowest BCUT2D eigenvalue weighted by Crippen LogP contribution is -2.24. The molecule has 0 saturated carbocycles. The number of para-hydroxylation sites is 1. The fraction of sp³-hybridized carbons (Fsp3) is 0.381. The minimum absolute atomic E-state index is 0.105. The number of methoxy groups -OCH3 is 3. The lowest BCUT2D eigenvalue weighted by molar-refractivity contribution is 0.0952. The number of hydrogen-bond acceptors (Lipinski definition) is 8. The highest BCUT2D eigenvalue weighted by Crippen LogP contribution is 2.35. The summed E-state index contributed by atoms with van der Waals surface area (Å²) in [4.78, 5) is 22.8. The van der Waals surface area contributed by atoms with Crippen LogP contribution in [0.2, 0.25) is 0 Å². The summed E-state index contributed by atoms with van der Waals surface area (Å²) >= 11 is 1.37. The van der Waals surface area contributed by atoms with E-state index in [1.54, 1.807) is 21.3 Å². The molecule has 2 heterocycles. The van der Waals surface area contributed by atoms with Crippen LogP contribution in [-0.4, -0.2) is 50.4 Å². The van der Waals surface area contributed by atoms with Crippen LogP contribution < -0.4 is 20.1 Å². The first-order valence-corrected chi connectivity index (χ1v) is 10.4. The molecule has 0 aliphatic rings. The van der Waals surface area contributed by atoms with Crippen LogP contribution in [0.1, 0.15) is 27.2 Å². The Balaban J connectivity index is 1.82. The largest absolute Gasteiger partial charge is 0.493 e. The molecule has 1 aromatic carbocycles. The van der Waals surface area contributed by atoms with Crippen LogP contribution in [0.4, 0.5) is 5.82 Å². The molecule has 3 aromatic rings. The number of ether oxygens (including phenoxy) is 3. The van der Waals surface area contributed by atoms with Crippen molar-refractivity contribution in [1.29, 1.82) is 0 Å². The first-order chi connectivity index (χ1) is 14.6. The smallest absolute Gasteiger partial charge is 0.261 e. The second-order valence-electron chi connectivity index (χ2n) is 6.57. The Morgan fingerprint density at radius 3 is 2.73 bits per heavy atom. The Bertz CT molecular complexity index is 1020. The van der Waals surface area contributed by atoms with Crippen molar-refractivity contribution in [3.05, 3.63) is 40.5 Å². The number of nitrogens with zero attached hydrogens (tertiary/aromatic N) is 2. The number of fused-ring (bicyclic) bond motifs is 1. The van der Waals surface area contributed by atoms with Crippen LogP contribution in [0.5, 0.6) is 11.5 Å². The number of anilines is 1. The van der Waals surface area contributed by atoms with Gasteiger partial charge in [-0.25, -0.2) is 9.97 Å². The van der Waals surface area contributed by atoms with Gasteiger partial charge in [0.05, 0.1) is 24.5 Å². The lowest BCUT2D eigenvalue weighted by atomic mass is 10.1. The average molecular weight is 431 g/mol. The zero-order chi connectivity index (χ0) is 21.5. The van der Waals surface area contributed by atoms with E-state index in [0.29, 0.717) is 41.9 Å². The van der Waals surface area contributed by atoms with Gasteiger partial charge in [0.1, 0.15) is 17.0 Å². The number of hydrogen-bond donors (Lipinski definition) is 2. The molecule has 30 heavy (non-hydrogen) atoms. The highest BCUT2D eigenvalue weighted by atomic mass is 32.1. The van der Waals surface area contributed by atoms with Gasteiger partial charge in [-0.1, -0.05) is 12.1 Å². The van der Waals surface area contributed by atoms with E-state index in [1.807, 2.05) is 25.1 Å². The highest BCUT2D eigenvalue weighted by Gasteiger charge is 2.19. The maximum atomic E-state index is 12.6. The molecule has 0 aliphatic carbocycles. The number of amides is 1. The van der Waals surface area contributed by atoms with Crippen LogP contribution in [0.25, 0.3) is 10.2 Å². The Morgan fingerprint density at radius 2 is 2.00 bits per heavy atom. The second kappa shape index (κ2) is 10.2. The molecule has 0 atom stereocenters. The molecule has 0 bridgehead atoms. The number of carbonyl (C=O) groups excluding carboxylic acids is 1. The molecule has 0 spiro atoms. The molecule has 9 heteroatoms. The van der Waals surface area contributed by atoms with Gasteiger partial charge in [-0.15, -0.1) is 11.3 Å². The molecule has 0 unspecified atom stereocenters. The van der Waals surface area contributed by atoms with Crippen molar-refractivity contribution in [3.8, 4) is 11.5 Å². The standard InChI is InChI=1S/C21H26N4O4S/c1-13-16-19(23-11-14-7-5-8-15(28-3)17(14)29-4)24-12-25-21(16)30-18(13)20(26)22-9-6-10-27-2/h5,7-8,12H,6,9-11H2,1-4H3,(H,22,26)(H,23,24,25). The monoisotopic (exact) mass is 430 g/mol. The molecule has 8 nitrogen and oxygen atoms in total. The zero-order valence-electron chi connectivity index (χ0n) is 17.6. The third-order valence-corrected chi connectivity index (χ3v) is 5.87. The fourth-order valence-electron chi connectivity index (χ4n) is 3.19. The van der Waals surface area contributed by atoms with Crippen LogP contribution in [0.3, 0.4) is 0 Å². The maximum absolute atomic E-state index is 12.6. The van der Waals surface area contributed by atoms with Crippen molar-refractivity contribution >= 4 is 33.3 Å².